The van der Waals surface area contributed by atoms with Gasteiger partial charge in [-0.2, -0.15) is 0 Å². The fourth-order valence-corrected chi connectivity index (χ4v) is 10.0. The molecular formula is C77H132O5. The molecule has 0 amide bonds. The van der Waals surface area contributed by atoms with Gasteiger partial charge >= 0.3 is 11.9 Å². The number of ether oxygens (including phenoxy) is 2. The lowest BCUT2D eigenvalue weighted by molar-refractivity contribution is -0.161. The second-order valence-corrected chi connectivity index (χ2v) is 23.2. The van der Waals surface area contributed by atoms with Crippen LogP contribution in [0, 0.1) is 0 Å². The predicted octanol–water partition coefficient (Wildman–Crippen LogP) is 24.5. The molecule has 0 spiro atoms. The summed E-state index contributed by atoms with van der Waals surface area (Å²) in [6.45, 7) is 4.04. The minimum absolute atomic E-state index is 0.0722. The van der Waals surface area contributed by atoms with Crippen molar-refractivity contribution < 1.29 is 24.2 Å². The number of hydrogen-bond donors (Lipinski definition) is 1. The van der Waals surface area contributed by atoms with Gasteiger partial charge in [0.25, 0.3) is 0 Å². The summed E-state index contributed by atoms with van der Waals surface area (Å²) in [5.74, 6) is -0.593. The number of unbranched alkanes of at least 4 members (excludes halogenated alkanes) is 36. The average Bonchev–Trinajstić information content (AvgIpc) is 3.49. The first-order chi connectivity index (χ1) is 40.6. The third-order valence-electron chi connectivity index (χ3n) is 15.2. The largest absolute Gasteiger partial charge is 0.462 e. The van der Waals surface area contributed by atoms with Crippen molar-refractivity contribution in [2.45, 2.75) is 341 Å². The normalized spacial score (nSPS) is 13.0. The lowest BCUT2D eigenvalue weighted by Crippen LogP contribution is -2.28. The Morgan fingerprint density at radius 3 is 0.793 bits per heavy atom. The monoisotopic (exact) mass is 1140 g/mol. The predicted molar refractivity (Wildman–Crippen MR) is 362 cm³/mol. The third-order valence-corrected chi connectivity index (χ3v) is 15.2. The highest BCUT2D eigenvalue weighted by Gasteiger charge is 2.16. The molecule has 0 bridgehead atoms. The highest BCUT2D eigenvalue weighted by molar-refractivity contribution is 5.70. The van der Waals surface area contributed by atoms with Crippen LogP contribution in [0.4, 0.5) is 0 Å². The molecule has 1 atom stereocenters. The second kappa shape index (κ2) is 71.6. The van der Waals surface area contributed by atoms with E-state index in [1.165, 1.54) is 205 Å². The summed E-state index contributed by atoms with van der Waals surface area (Å²) in [4.78, 5) is 24.7. The van der Waals surface area contributed by atoms with Crippen LogP contribution < -0.4 is 0 Å². The van der Waals surface area contributed by atoms with Crippen LogP contribution in [0.25, 0.3) is 0 Å². The average molecular weight is 1140 g/mol. The van der Waals surface area contributed by atoms with Gasteiger partial charge in [0.15, 0.2) is 6.10 Å². The number of rotatable bonds is 64. The first-order valence-electron chi connectivity index (χ1n) is 35.1. The molecule has 0 aliphatic rings. The Morgan fingerprint density at radius 1 is 0.293 bits per heavy atom. The van der Waals surface area contributed by atoms with Crippen molar-refractivity contribution >= 4 is 11.9 Å². The Labute approximate surface area is 509 Å². The van der Waals surface area contributed by atoms with E-state index in [4.69, 9.17) is 9.47 Å². The van der Waals surface area contributed by atoms with Crippen LogP contribution >= 0.6 is 0 Å². The van der Waals surface area contributed by atoms with Gasteiger partial charge in [-0.3, -0.25) is 9.59 Å². The van der Waals surface area contributed by atoms with Crippen molar-refractivity contribution in [2.24, 2.45) is 0 Å². The first-order valence-corrected chi connectivity index (χ1v) is 35.1. The standard InChI is InChI=1S/C77H132O5/c1-3-5-7-9-11-13-15-17-19-21-23-25-27-29-31-33-35-37-38-40-41-43-45-47-49-51-53-55-57-59-61-63-65-67-69-71-76(79)81-74-75(73-78)82-77(80)72-70-68-66-64-62-60-58-56-54-52-50-48-46-44-42-39-36-34-32-30-28-26-24-22-20-18-16-14-12-10-8-6-4-2/h6,8,12,14-15,17-18,20-21,23-24,26,30,32,36,39,44,46,50,52,75,78H,3-5,7,9-11,13,16,19,22,25,27-29,31,33-35,37-38,40-43,45,47-49,51,53-74H2,1-2H3/b8-6-,14-12-,17-15-,20-18-,23-21-,26-24-,32-30-,39-36-,46-44-,52-50-. The van der Waals surface area contributed by atoms with Gasteiger partial charge in [-0.05, 0) is 109 Å². The van der Waals surface area contributed by atoms with Crippen molar-refractivity contribution in [3.8, 4) is 0 Å². The molecule has 0 saturated carbocycles. The van der Waals surface area contributed by atoms with Crippen LogP contribution in [0.3, 0.4) is 0 Å². The molecule has 0 aromatic carbocycles. The first kappa shape index (κ1) is 78.3. The van der Waals surface area contributed by atoms with E-state index in [2.05, 4.69) is 135 Å². The number of esters is 2. The molecule has 1 N–H and O–H groups in total. The minimum atomic E-state index is -0.785. The van der Waals surface area contributed by atoms with Crippen LogP contribution in [0.1, 0.15) is 335 Å². The van der Waals surface area contributed by atoms with Crippen LogP contribution in [0.15, 0.2) is 122 Å². The van der Waals surface area contributed by atoms with Gasteiger partial charge in [-0.15, -0.1) is 0 Å². The van der Waals surface area contributed by atoms with Crippen molar-refractivity contribution in [1.29, 1.82) is 0 Å². The summed E-state index contributed by atoms with van der Waals surface area (Å²) >= 11 is 0. The van der Waals surface area contributed by atoms with Gasteiger partial charge in [0.2, 0.25) is 0 Å². The Hall–Kier alpha value is -3.70. The fourth-order valence-electron chi connectivity index (χ4n) is 10.0. The number of allylic oxidation sites excluding steroid dienone is 20. The van der Waals surface area contributed by atoms with Crippen molar-refractivity contribution in [3.63, 3.8) is 0 Å². The van der Waals surface area contributed by atoms with E-state index in [9.17, 15) is 14.7 Å². The molecule has 1 unspecified atom stereocenters. The molecule has 0 aliphatic carbocycles. The number of hydrogen-bond acceptors (Lipinski definition) is 5. The van der Waals surface area contributed by atoms with Crippen LogP contribution in [0.2, 0.25) is 0 Å². The van der Waals surface area contributed by atoms with Gasteiger partial charge in [0.1, 0.15) is 6.61 Å². The quantitative estimate of drug-likeness (QED) is 0.0373. The van der Waals surface area contributed by atoms with Crippen molar-refractivity contribution in [2.75, 3.05) is 13.2 Å². The Balaban J connectivity index is 3.49. The summed E-state index contributed by atoms with van der Waals surface area (Å²) in [5, 5.41) is 9.70. The molecule has 0 radical (unpaired) electrons. The summed E-state index contributed by atoms with van der Waals surface area (Å²) < 4.78 is 10.8. The molecular weight excluding hydrogens is 1000 g/mol. The Kier molecular flexibility index (Phi) is 68.3. The SMILES string of the molecule is CC/C=C\C/C=C\C/C=C\C/C=C\C/C=C\C/C=C\C/C=C\C/C=C\CCCCCCCCCCC(=O)OC(CO)COC(=O)CCCCCCCCCCCCCCCCCCCCCCCCC/C=C\C/C=C\CCCCCCC. The maximum atomic E-state index is 12.4. The summed E-state index contributed by atoms with van der Waals surface area (Å²) in [5.41, 5.74) is 0. The summed E-state index contributed by atoms with van der Waals surface area (Å²) in [6.07, 6.45) is 105. The number of carbonyl (C=O) groups excluding carboxylic acids is 2. The summed E-state index contributed by atoms with van der Waals surface area (Å²) in [6, 6.07) is 0. The molecule has 0 fully saturated rings. The molecule has 82 heavy (non-hydrogen) atoms. The molecule has 0 aromatic heterocycles. The van der Waals surface area contributed by atoms with E-state index in [0.29, 0.717) is 12.8 Å². The zero-order valence-electron chi connectivity index (χ0n) is 54.0. The fraction of sp³-hybridized carbons (Fsp3) is 0.714. The summed E-state index contributed by atoms with van der Waals surface area (Å²) in [7, 11) is 0. The van der Waals surface area contributed by atoms with Gasteiger partial charge < -0.3 is 14.6 Å². The molecule has 470 valence electrons. The maximum Gasteiger partial charge on any atom is 0.306 e. The molecule has 5 nitrogen and oxygen atoms in total. The number of aliphatic hydroxyl groups is 1. The zero-order chi connectivity index (χ0) is 59.1. The van der Waals surface area contributed by atoms with E-state index >= 15 is 0 Å². The number of aliphatic hydroxyl groups excluding tert-OH is 1. The zero-order valence-corrected chi connectivity index (χ0v) is 54.0. The topological polar surface area (TPSA) is 72.8 Å². The van der Waals surface area contributed by atoms with Crippen LogP contribution in [-0.2, 0) is 19.1 Å². The molecule has 5 heteroatoms. The van der Waals surface area contributed by atoms with Crippen molar-refractivity contribution in [1.82, 2.24) is 0 Å². The molecule has 0 saturated heterocycles. The molecule has 0 rings (SSSR count). The molecule has 0 aromatic rings. The van der Waals surface area contributed by atoms with Crippen molar-refractivity contribution in [3.05, 3.63) is 122 Å². The lowest BCUT2D eigenvalue weighted by atomic mass is 10.0. The maximum absolute atomic E-state index is 12.4. The Bertz CT molecular complexity index is 1620. The van der Waals surface area contributed by atoms with E-state index in [1.54, 1.807) is 0 Å². The number of carbonyl (C=O) groups is 2. The lowest BCUT2D eigenvalue weighted by Gasteiger charge is -2.15. The van der Waals surface area contributed by atoms with E-state index in [0.717, 1.165) is 103 Å². The highest BCUT2D eigenvalue weighted by atomic mass is 16.6. The smallest absolute Gasteiger partial charge is 0.306 e. The van der Waals surface area contributed by atoms with E-state index in [1.807, 2.05) is 0 Å². The van der Waals surface area contributed by atoms with Gasteiger partial charge in [0, 0.05) is 12.8 Å². The highest BCUT2D eigenvalue weighted by Crippen LogP contribution is 2.17. The molecule has 0 aliphatic heterocycles. The Morgan fingerprint density at radius 2 is 0.524 bits per heavy atom. The van der Waals surface area contributed by atoms with Gasteiger partial charge in [-0.1, -0.05) is 334 Å². The van der Waals surface area contributed by atoms with Gasteiger partial charge in [0.05, 0.1) is 6.61 Å². The second-order valence-electron chi connectivity index (χ2n) is 23.2. The minimum Gasteiger partial charge on any atom is -0.462 e. The third kappa shape index (κ3) is 68.8. The van der Waals surface area contributed by atoms with Gasteiger partial charge in [-0.25, -0.2) is 0 Å². The van der Waals surface area contributed by atoms with E-state index < -0.39 is 6.10 Å². The van der Waals surface area contributed by atoms with Crippen LogP contribution in [0.5, 0.6) is 0 Å². The molecule has 0 heterocycles. The van der Waals surface area contributed by atoms with E-state index in [-0.39, 0.29) is 25.2 Å². The van der Waals surface area contributed by atoms with Crippen LogP contribution in [-0.4, -0.2) is 36.4 Å².